The zero-order chi connectivity index (χ0) is 13.1. The molecule has 1 unspecified atom stereocenters. The van der Waals surface area contributed by atoms with E-state index in [-0.39, 0.29) is 11.8 Å². The molecule has 0 spiro atoms. The highest BCUT2D eigenvalue weighted by atomic mass is 79.9. The van der Waals surface area contributed by atoms with E-state index in [1.165, 1.54) is 6.26 Å². The highest BCUT2D eigenvalue weighted by Crippen LogP contribution is 2.27. The average Bonchev–Trinajstić information content (AvgIpc) is 2.15. The van der Waals surface area contributed by atoms with Crippen molar-refractivity contribution in [3.05, 3.63) is 32.7 Å². The summed E-state index contributed by atoms with van der Waals surface area (Å²) in [5.74, 6) is 0.189. The van der Waals surface area contributed by atoms with Gasteiger partial charge in [-0.05, 0) is 30.5 Å². The normalized spacial score (nSPS) is 13.6. The van der Waals surface area contributed by atoms with Crippen molar-refractivity contribution in [2.45, 2.75) is 18.9 Å². The predicted octanol–water partition coefficient (Wildman–Crippen LogP) is 3.04. The van der Waals surface area contributed by atoms with Gasteiger partial charge in [0.2, 0.25) is 0 Å². The molecule has 0 radical (unpaired) electrons. The summed E-state index contributed by atoms with van der Waals surface area (Å²) in [6, 6.07) is 5.67. The van der Waals surface area contributed by atoms with Crippen molar-refractivity contribution in [2.24, 2.45) is 5.73 Å². The molecular weight excluding hydrogens is 370 g/mol. The first-order valence-corrected chi connectivity index (χ1v) is 8.82. The molecule has 0 amide bonds. The Kier molecular flexibility index (Phi) is 5.63. The van der Waals surface area contributed by atoms with Gasteiger partial charge in [0, 0.05) is 27.0 Å². The third-order valence-electron chi connectivity index (χ3n) is 2.39. The fourth-order valence-corrected chi connectivity index (χ4v) is 3.56. The highest BCUT2D eigenvalue weighted by Gasteiger charge is 2.11. The maximum Gasteiger partial charge on any atom is 0.147 e. The molecule has 0 heterocycles. The molecule has 0 saturated carbocycles. The van der Waals surface area contributed by atoms with Crippen LogP contribution in [0.4, 0.5) is 0 Å². The first-order chi connectivity index (χ1) is 7.79. The molecule has 0 aliphatic rings. The Labute approximate surface area is 119 Å². The van der Waals surface area contributed by atoms with Gasteiger partial charge in [0.05, 0.1) is 0 Å². The van der Waals surface area contributed by atoms with E-state index in [0.29, 0.717) is 12.8 Å². The quantitative estimate of drug-likeness (QED) is 0.848. The molecule has 6 heteroatoms. The van der Waals surface area contributed by atoms with Gasteiger partial charge in [-0.15, -0.1) is 0 Å². The molecule has 0 saturated heterocycles. The Bertz CT molecular complexity index is 488. The lowest BCUT2D eigenvalue weighted by molar-refractivity contribution is 0.587. The van der Waals surface area contributed by atoms with Crippen LogP contribution in [0.1, 0.15) is 24.4 Å². The SMILES string of the molecule is CS(=O)(=O)CCCC(N)c1ccc(Br)cc1Br. The molecule has 1 atom stereocenters. The minimum atomic E-state index is -2.89. The van der Waals surface area contributed by atoms with Crippen molar-refractivity contribution in [2.75, 3.05) is 12.0 Å². The van der Waals surface area contributed by atoms with Crippen LogP contribution in [0.2, 0.25) is 0 Å². The molecular formula is C11H15Br2NO2S. The molecule has 1 aromatic carbocycles. The Morgan fingerprint density at radius 3 is 2.53 bits per heavy atom. The Morgan fingerprint density at radius 2 is 2.00 bits per heavy atom. The van der Waals surface area contributed by atoms with Crippen molar-refractivity contribution in [3.63, 3.8) is 0 Å². The Morgan fingerprint density at radius 1 is 1.35 bits per heavy atom. The summed E-state index contributed by atoms with van der Waals surface area (Å²) >= 11 is 6.82. The maximum absolute atomic E-state index is 11.0. The van der Waals surface area contributed by atoms with E-state index in [1.807, 2.05) is 18.2 Å². The van der Waals surface area contributed by atoms with Crippen LogP contribution in [-0.4, -0.2) is 20.4 Å². The van der Waals surface area contributed by atoms with Crippen LogP contribution in [0.5, 0.6) is 0 Å². The Balaban J connectivity index is 2.61. The molecule has 17 heavy (non-hydrogen) atoms. The van der Waals surface area contributed by atoms with Gasteiger partial charge < -0.3 is 5.73 Å². The summed E-state index contributed by atoms with van der Waals surface area (Å²) in [6.45, 7) is 0. The van der Waals surface area contributed by atoms with Crippen LogP contribution in [0.15, 0.2) is 27.1 Å². The van der Waals surface area contributed by atoms with E-state index in [1.54, 1.807) is 0 Å². The van der Waals surface area contributed by atoms with Crippen LogP contribution in [0.3, 0.4) is 0 Å². The second-order valence-corrected chi connectivity index (χ2v) is 8.07. The van der Waals surface area contributed by atoms with Gasteiger partial charge in [0.25, 0.3) is 0 Å². The minimum absolute atomic E-state index is 0.140. The smallest absolute Gasteiger partial charge is 0.147 e. The standard InChI is InChI=1S/C11H15Br2NO2S/c1-17(15,16)6-2-3-11(14)9-5-4-8(12)7-10(9)13/h4-5,7,11H,2-3,6,14H2,1H3. The molecule has 0 aromatic heterocycles. The summed E-state index contributed by atoms with van der Waals surface area (Å²) in [4.78, 5) is 0. The zero-order valence-electron chi connectivity index (χ0n) is 9.49. The van der Waals surface area contributed by atoms with Crippen molar-refractivity contribution < 1.29 is 8.42 Å². The van der Waals surface area contributed by atoms with Crippen LogP contribution in [0.25, 0.3) is 0 Å². The third-order valence-corrected chi connectivity index (χ3v) is 4.60. The van der Waals surface area contributed by atoms with Gasteiger partial charge in [-0.3, -0.25) is 0 Å². The fourth-order valence-electron chi connectivity index (χ4n) is 1.52. The van der Waals surface area contributed by atoms with Gasteiger partial charge >= 0.3 is 0 Å². The highest BCUT2D eigenvalue weighted by molar-refractivity contribution is 9.11. The molecule has 0 bridgehead atoms. The van der Waals surface area contributed by atoms with E-state index in [0.717, 1.165) is 14.5 Å². The maximum atomic E-state index is 11.0. The van der Waals surface area contributed by atoms with E-state index in [9.17, 15) is 8.42 Å². The van der Waals surface area contributed by atoms with Crippen LogP contribution < -0.4 is 5.73 Å². The molecule has 2 N–H and O–H groups in total. The Hall–Kier alpha value is 0.0900. The van der Waals surface area contributed by atoms with Crippen LogP contribution in [0, 0.1) is 0 Å². The largest absolute Gasteiger partial charge is 0.324 e. The van der Waals surface area contributed by atoms with Crippen molar-refractivity contribution in [1.29, 1.82) is 0 Å². The van der Waals surface area contributed by atoms with Gasteiger partial charge in [0.15, 0.2) is 0 Å². The number of rotatable bonds is 5. The number of sulfone groups is 1. The number of nitrogens with two attached hydrogens (primary N) is 1. The second-order valence-electron chi connectivity index (χ2n) is 4.04. The minimum Gasteiger partial charge on any atom is -0.324 e. The molecule has 0 aliphatic carbocycles. The molecule has 3 nitrogen and oxygen atoms in total. The van der Waals surface area contributed by atoms with Gasteiger partial charge in [-0.25, -0.2) is 8.42 Å². The summed E-state index contributed by atoms with van der Waals surface area (Å²) in [5.41, 5.74) is 7.04. The van der Waals surface area contributed by atoms with Crippen molar-refractivity contribution >= 4 is 41.7 Å². The molecule has 96 valence electrons. The number of hydrogen-bond donors (Lipinski definition) is 1. The van der Waals surface area contributed by atoms with Crippen molar-refractivity contribution in [3.8, 4) is 0 Å². The fraction of sp³-hybridized carbons (Fsp3) is 0.455. The second kappa shape index (κ2) is 6.31. The summed E-state index contributed by atoms with van der Waals surface area (Å²) in [6.07, 6.45) is 2.49. The zero-order valence-corrected chi connectivity index (χ0v) is 13.5. The molecule has 0 aliphatic heterocycles. The summed E-state index contributed by atoms with van der Waals surface area (Å²) in [7, 11) is -2.89. The lowest BCUT2D eigenvalue weighted by Crippen LogP contribution is -2.13. The molecule has 0 fully saturated rings. The third kappa shape index (κ3) is 5.50. The lowest BCUT2D eigenvalue weighted by Gasteiger charge is -2.13. The first kappa shape index (κ1) is 15.1. The van der Waals surface area contributed by atoms with E-state index < -0.39 is 9.84 Å². The molecule has 1 rings (SSSR count). The average molecular weight is 385 g/mol. The topological polar surface area (TPSA) is 60.2 Å². The number of benzene rings is 1. The monoisotopic (exact) mass is 383 g/mol. The van der Waals surface area contributed by atoms with E-state index in [4.69, 9.17) is 5.73 Å². The van der Waals surface area contributed by atoms with Gasteiger partial charge in [-0.2, -0.15) is 0 Å². The lowest BCUT2D eigenvalue weighted by atomic mass is 10.0. The number of halogens is 2. The van der Waals surface area contributed by atoms with Crippen LogP contribution >= 0.6 is 31.9 Å². The van der Waals surface area contributed by atoms with E-state index in [2.05, 4.69) is 31.9 Å². The number of hydrogen-bond acceptors (Lipinski definition) is 3. The van der Waals surface area contributed by atoms with Crippen LogP contribution in [-0.2, 0) is 9.84 Å². The molecule has 1 aromatic rings. The van der Waals surface area contributed by atoms with E-state index >= 15 is 0 Å². The summed E-state index contributed by atoms with van der Waals surface area (Å²) < 4.78 is 23.9. The van der Waals surface area contributed by atoms with Gasteiger partial charge in [0.1, 0.15) is 9.84 Å². The van der Waals surface area contributed by atoms with Gasteiger partial charge in [-0.1, -0.05) is 37.9 Å². The summed E-state index contributed by atoms with van der Waals surface area (Å²) in [5, 5.41) is 0. The first-order valence-electron chi connectivity index (χ1n) is 5.18. The predicted molar refractivity (Wildman–Crippen MR) is 77.7 cm³/mol. The van der Waals surface area contributed by atoms with Crippen molar-refractivity contribution in [1.82, 2.24) is 0 Å².